The first-order valence-corrected chi connectivity index (χ1v) is 6.26. The van der Waals surface area contributed by atoms with Gasteiger partial charge in [0.1, 0.15) is 12.8 Å². The van der Waals surface area contributed by atoms with Gasteiger partial charge in [-0.3, -0.25) is 9.47 Å². The number of nitrogens with zero attached hydrogens (tertiary/aromatic N) is 4. The van der Waals surface area contributed by atoms with E-state index in [1.165, 1.54) is 11.8 Å². The van der Waals surface area contributed by atoms with Gasteiger partial charge in [0.15, 0.2) is 0 Å². The van der Waals surface area contributed by atoms with Crippen LogP contribution in [0, 0.1) is 10.1 Å². The Balaban J connectivity index is 2.05. The van der Waals surface area contributed by atoms with Crippen molar-refractivity contribution in [3.05, 3.63) is 28.0 Å². The number of imidazole rings is 1. The van der Waals surface area contributed by atoms with Crippen molar-refractivity contribution < 1.29 is 9.66 Å². The van der Waals surface area contributed by atoms with E-state index in [0.29, 0.717) is 19.2 Å². The van der Waals surface area contributed by atoms with Crippen molar-refractivity contribution in [2.24, 2.45) is 0 Å². The molecule has 0 bridgehead atoms. The van der Waals surface area contributed by atoms with E-state index in [0.717, 1.165) is 19.6 Å². The second-order valence-electron chi connectivity index (χ2n) is 4.76. The smallest absolute Gasteiger partial charge is 0.414 e. The fourth-order valence-electron chi connectivity index (χ4n) is 1.87. The fourth-order valence-corrected chi connectivity index (χ4v) is 1.87. The van der Waals surface area contributed by atoms with Crippen LogP contribution in [0.15, 0.2) is 17.8 Å². The molecule has 104 valence electrons. The summed E-state index contributed by atoms with van der Waals surface area (Å²) in [6, 6.07) is 0.341. The summed E-state index contributed by atoms with van der Waals surface area (Å²) in [5, 5.41) is 10.7. The van der Waals surface area contributed by atoms with Gasteiger partial charge in [-0.1, -0.05) is 11.6 Å². The van der Waals surface area contributed by atoms with Gasteiger partial charge in [-0.2, -0.15) is 0 Å². The molecule has 0 atom stereocenters. The molecule has 0 amide bonds. The van der Waals surface area contributed by atoms with Crippen molar-refractivity contribution in [1.29, 1.82) is 0 Å². The highest BCUT2D eigenvalue weighted by Gasteiger charge is 2.22. The second kappa shape index (κ2) is 5.83. The molecule has 0 spiro atoms. The minimum absolute atomic E-state index is 0.159. The molecule has 1 aliphatic heterocycles. The summed E-state index contributed by atoms with van der Waals surface area (Å²) < 4.78 is 7.18. The Kier molecular flexibility index (Phi) is 4.16. The van der Waals surface area contributed by atoms with Crippen LogP contribution in [-0.2, 0) is 6.54 Å². The van der Waals surface area contributed by atoms with Crippen LogP contribution in [0.2, 0.25) is 0 Å². The van der Waals surface area contributed by atoms with Gasteiger partial charge in [-0.25, -0.2) is 0 Å². The number of ether oxygens (including phenoxy) is 1. The minimum atomic E-state index is -0.498. The average Bonchev–Trinajstić information content (AvgIpc) is 2.71. The maximum atomic E-state index is 10.7. The number of hydrogen-bond donors (Lipinski definition) is 0. The van der Waals surface area contributed by atoms with Crippen LogP contribution in [0.25, 0.3) is 0 Å². The normalized spacial score (nSPS) is 15.9. The van der Waals surface area contributed by atoms with Crippen LogP contribution in [-0.4, -0.2) is 45.6 Å². The molecule has 1 aliphatic rings. The first kappa shape index (κ1) is 13.5. The quantitative estimate of drug-likeness (QED) is 0.470. The van der Waals surface area contributed by atoms with Gasteiger partial charge in [-0.05, 0) is 18.8 Å². The summed E-state index contributed by atoms with van der Waals surface area (Å²) in [5.41, 5.74) is 1.28. The van der Waals surface area contributed by atoms with Crippen LogP contribution >= 0.6 is 0 Å². The lowest BCUT2D eigenvalue weighted by molar-refractivity contribution is -0.389. The number of rotatable bonds is 3. The predicted octanol–water partition coefficient (Wildman–Crippen LogP) is 1.45. The number of nitro groups is 1. The number of allylic oxidation sites excluding steroid dienone is 1. The van der Waals surface area contributed by atoms with Gasteiger partial charge in [0.05, 0.1) is 0 Å². The maximum Gasteiger partial charge on any atom is 0.414 e. The van der Waals surface area contributed by atoms with Crippen molar-refractivity contribution in [3.8, 4) is 6.01 Å². The first-order chi connectivity index (χ1) is 9.06. The Morgan fingerprint density at radius 2 is 2.32 bits per heavy atom. The van der Waals surface area contributed by atoms with Crippen LogP contribution in [0.5, 0.6) is 6.01 Å². The van der Waals surface area contributed by atoms with Crippen LogP contribution < -0.4 is 4.74 Å². The minimum Gasteiger partial charge on any atom is -0.444 e. The van der Waals surface area contributed by atoms with Crippen molar-refractivity contribution in [3.63, 3.8) is 0 Å². The van der Waals surface area contributed by atoms with E-state index < -0.39 is 4.92 Å². The monoisotopic (exact) mass is 266 g/mol. The lowest BCUT2D eigenvalue weighted by Gasteiger charge is -2.23. The molecule has 0 unspecified atom stereocenters. The summed E-state index contributed by atoms with van der Waals surface area (Å²) in [6.45, 7) is 7.77. The van der Waals surface area contributed by atoms with Gasteiger partial charge in [0.25, 0.3) is 0 Å². The van der Waals surface area contributed by atoms with Crippen molar-refractivity contribution >= 4 is 5.82 Å². The molecule has 19 heavy (non-hydrogen) atoms. The van der Waals surface area contributed by atoms with Gasteiger partial charge >= 0.3 is 11.8 Å². The molecule has 0 radical (unpaired) electrons. The topological polar surface area (TPSA) is 73.4 Å². The summed E-state index contributed by atoms with van der Waals surface area (Å²) in [4.78, 5) is 16.3. The Labute approximate surface area is 111 Å². The van der Waals surface area contributed by atoms with E-state index >= 15 is 0 Å². The van der Waals surface area contributed by atoms with Gasteiger partial charge in [-0.15, -0.1) is 0 Å². The third-order valence-electron chi connectivity index (χ3n) is 2.97. The van der Waals surface area contributed by atoms with E-state index in [1.807, 2.05) is 0 Å². The highest BCUT2D eigenvalue weighted by molar-refractivity contribution is 5.20. The molecule has 1 aromatic heterocycles. The molecular formula is C12H18N4O3. The fraction of sp³-hybridized carbons (Fsp3) is 0.583. The molecule has 7 heteroatoms. The lowest BCUT2D eigenvalue weighted by atomic mass is 10.3. The van der Waals surface area contributed by atoms with E-state index in [2.05, 4.69) is 29.8 Å². The van der Waals surface area contributed by atoms with E-state index in [-0.39, 0.29) is 5.82 Å². The molecule has 1 aromatic rings. The van der Waals surface area contributed by atoms with Crippen molar-refractivity contribution in [2.45, 2.75) is 20.4 Å². The maximum absolute atomic E-state index is 10.7. The Hall–Kier alpha value is -1.89. The Morgan fingerprint density at radius 3 is 3.00 bits per heavy atom. The van der Waals surface area contributed by atoms with E-state index in [9.17, 15) is 10.1 Å². The van der Waals surface area contributed by atoms with Crippen LogP contribution in [0.4, 0.5) is 5.82 Å². The standard InChI is InChI=1S/C12H18N4O3/c1-10(2)3-4-14-5-6-15-9-11(16(17)18)13-12(15)19-8-7-14/h3,9H,4-8H2,1-2H3. The summed E-state index contributed by atoms with van der Waals surface area (Å²) in [5.74, 6) is -0.159. The summed E-state index contributed by atoms with van der Waals surface area (Å²) in [7, 11) is 0. The molecule has 0 saturated carbocycles. The first-order valence-electron chi connectivity index (χ1n) is 6.26. The zero-order chi connectivity index (χ0) is 13.8. The van der Waals surface area contributed by atoms with Gasteiger partial charge in [0.2, 0.25) is 0 Å². The highest BCUT2D eigenvalue weighted by Crippen LogP contribution is 2.18. The summed E-state index contributed by atoms with van der Waals surface area (Å²) >= 11 is 0. The SMILES string of the molecule is CC(C)=CCN1CCOc2nc([N+](=O)[O-])cn2CC1. The van der Waals surface area contributed by atoms with Crippen molar-refractivity contribution in [2.75, 3.05) is 26.2 Å². The lowest BCUT2D eigenvalue weighted by Crippen LogP contribution is -2.34. The van der Waals surface area contributed by atoms with Crippen LogP contribution in [0.3, 0.4) is 0 Å². The molecule has 0 aliphatic carbocycles. The molecule has 7 nitrogen and oxygen atoms in total. The number of fused-ring (bicyclic) bond motifs is 1. The predicted molar refractivity (Wildman–Crippen MR) is 70.2 cm³/mol. The molecular weight excluding hydrogens is 248 g/mol. The second-order valence-corrected chi connectivity index (χ2v) is 4.76. The third-order valence-corrected chi connectivity index (χ3v) is 2.97. The Bertz CT molecular complexity index is 491. The molecule has 0 aromatic carbocycles. The van der Waals surface area contributed by atoms with E-state index in [1.54, 1.807) is 4.57 Å². The number of aromatic nitrogens is 2. The molecule has 2 rings (SSSR count). The molecule has 0 saturated heterocycles. The van der Waals surface area contributed by atoms with Crippen molar-refractivity contribution in [1.82, 2.24) is 14.5 Å². The Morgan fingerprint density at radius 1 is 1.53 bits per heavy atom. The molecule has 0 fully saturated rings. The molecule has 0 N–H and O–H groups in total. The zero-order valence-corrected chi connectivity index (χ0v) is 11.2. The zero-order valence-electron chi connectivity index (χ0n) is 11.2. The van der Waals surface area contributed by atoms with E-state index in [4.69, 9.17) is 4.74 Å². The van der Waals surface area contributed by atoms with Crippen LogP contribution in [0.1, 0.15) is 13.8 Å². The largest absolute Gasteiger partial charge is 0.444 e. The van der Waals surface area contributed by atoms with Gasteiger partial charge in [0, 0.05) is 31.2 Å². The van der Waals surface area contributed by atoms with Gasteiger partial charge < -0.3 is 14.9 Å². The third kappa shape index (κ3) is 3.54. The summed E-state index contributed by atoms with van der Waals surface area (Å²) in [6.07, 6.45) is 3.60. The molecule has 2 heterocycles. The average molecular weight is 266 g/mol. The number of hydrogen-bond acceptors (Lipinski definition) is 5. The highest BCUT2D eigenvalue weighted by atomic mass is 16.6.